The standard InChI is InChI=1S/C8H11FN2O2S/c1-5-7(10)4-3-6(9)8(5)11-14(2,12)13/h3-4,11H,10H2,1-2H3. The Kier molecular flexibility index (Phi) is 2.66. The molecule has 6 heteroatoms. The molecule has 0 bridgehead atoms. The second kappa shape index (κ2) is 3.45. The molecule has 0 heterocycles. The van der Waals surface area contributed by atoms with Crippen LogP contribution in [-0.2, 0) is 10.0 Å². The van der Waals surface area contributed by atoms with Crippen LogP contribution in [0.5, 0.6) is 0 Å². The van der Waals surface area contributed by atoms with Crippen molar-refractivity contribution in [3.8, 4) is 0 Å². The third-order valence-corrected chi connectivity index (χ3v) is 2.32. The molecule has 0 unspecified atom stereocenters. The number of halogens is 1. The number of nitrogens with two attached hydrogens (primary N) is 1. The van der Waals surface area contributed by atoms with Gasteiger partial charge in [0.25, 0.3) is 0 Å². The molecule has 0 saturated heterocycles. The SMILES string of the molecule is Cc1c(N)ccc(F)c1NS(C)(=O)=O. The van der Waals surface area contributed by atoms with Crippen LogP contribution in [0.25, 0.3) is 0 Å². The molecule has 0 aliphatic rings. The lowest BCUT2D eigenvalue weighted by molar-refractivity contribution is 0.603. The lowest BCUT2D eigenvalue weighted by Crippen LogP contribution is -2.12. The van der Waals surface area contributed by atoms with Gasteiger partial charge >= 0.3 is 0 Å². The van der Waals surface area contributed by atoms with Crippen molar-refractivity contribution in [2.45, 2.75) is 6.92 Å². The van der Waals surface area contributed by atoms with E-state index in [4.69, 9.17) is 5.73 Å². The number of benzene rings is 1. The highest BCUT2D eigenvalue weighted by Crippen LogP contribution is 2.24. The summed E-state index contributed by atoms with van der Waals surface area (Å²) in [5.41, 5.74) is 6.15. The highest BCUT2D eigenvalue weighted by atomic mass is 32.2. The zero-order chi connectivity index (χ0) is 10.9. The minimum absolute atomic E-state index is 0.0903. The summed E-state index contributed by atoms with van der Waals surface area (Å²) in [6.07, 6.45) is 0.953. The molecule has 0 saturated carbocycles. The summed E-state index contributed by atoms with van der Waals surface area (Å²) in [6, 6.07) is 2.51. The first-order valence-electron chi connectivity index (χ1n) is 3.83. The van der Waals surface area contributed by atoms with Gasteiger partial charge in [-0.3, -0.25) is 4.72 Å². The first-order valence-corrected chi connectivity index (χ1v) is 5.73. The van der Waals surface area contributed by atoms with Gasteiger partial charge in [-0.05, 0) is 24.6 Å². The molecule has 4 nitrogen and oxygen atoms in total. The average Bonchev–Trinajstić information content (AvgIpc) is 2.04. The molecule has 0 aliphatic heterocycles. The molecule has 0 atom stereocenters. The number of nitrogen functional groups attached to an aromatic ring is 1. The summed E-state index contributed by atoms with van der Waals surface area (Å²) in [7, 11) is -3.48. The van der Waals surface area contributed by atoms with Crippen molar-refractivity contribution < 1.29 is 12.8 Å². The monoisotopic (exact) mass is 218 g/mol. The van der Waals surface area contributed by atoms with E-state index >= 15 is 0 Å². The maximum Gasteiger partial charge on any atom is 0.229 e. The first kappa shape index (κ1) is 10.8. The Labute approximate surface area is 82.0 Å². The zero-order valence-corrected chi connectivity index (χ0v) is 8.65. The molecular formula is C8H11FN2O2S. The summed E-state index contributed by atoms with van der Waals surface area (Å²) in [6.45, 7) is 1.55. The summed E-state index contributed by atoms with van der Waals surface area (Å²) < 4.78 is 37.0. The van der Waals surface area contributed by atoms with Gasteiger partial charge in [-0.2, -0.15) is 0 Å². The van der Waals surface area contributed by atoms with Crippen LogP contribution in [0.4, 0.5) is 15.8 Å². The molecule has 3 N–H and O–H groups in total. The molecule has 0 spiro atoms. The Balaban J connectivity index is 3.27. The van der Waals surface area contributed by atoms with Gasteiger partial charge in [0.05, 0.1) is 11.9 Å². The van der Waals surface area contributed by atoms with Crippen LogP contribution in [0.15, 0.2) is 12.1 Å². The van der Waals surface area contributed by atoms with Crippen molar-refractivity contribution in [3.05, 3.63) is 23.5 Å². The van der Waals surface area contributed by atoms with Gasteiger partial charge in [-0.25, -0.2) is 12.8 Å². The Hall–Kier alpha value is -1.30. The van der Waals surface area contributed by atoms with E-state index in [9.17, 15) is 12.8 Å². The summed E-state index contributed by atoms with van der Waals surface area (Å²) >= 11 is 0. The maximum atomic E-state index is 13.2. The fourth-order valence-corrected chi connectivity index (χ4v) is 1.63. The van der Waals surface area contributed by atoms with Crippen molar-refractivity contribution in [2.75, 3.05) is 16.7 Å². The van der Waals surface area contributed by atoms with E-state index in [0.29, 0.717) is 11.3 Å². The van der Waals surface area contributed by atoms with Gasteiger partial charge in [-0.15, -0.1) is 0 Å². The minimum atomic E-state index is -3.48. The highest BCUT2D eigenvalue weighted by molar-refractivity contribution is 7.92. The van der Waals surface area contributed by atoms with Crippen molar-refractivity contribution in [1.82, 2.24) is 0 Å². The average molecular weight is 218 g/mol. The second-order valence-corrected chi connectivity index (χ2v) is 4.76. The van der Waals surface area contributed by atoms with Crippen molar-refractivity contribution in [1.29, 1.82) is 0 Å². The predicted molar refractivity (Wildman–Crippen MR) is 54.0 cm³/mol. The Morgan fingerprint density at radius 1 is 1.43 bits per heavy atom. The molecule has 0 aliphatic carbocycles. The first-order chi connectivity index (χ1) is 6.31. The summed E-state index contributed by atoms with van der Waals surface area (Å²) in [4.78, 5) is 0. The van der Waals surface area contributed by atoms with Crippen LogP contribution < -0.4 is 10.5 Å². The van der Waals surface area contributed by atoms with Crippen LogP contribution in [0, 0.1) is 12.7 Å². The Morgan fingerprint density at radius 2 is 2.00 bits per heavy atom. The van der Waals surface area contributed by atoms with Crippen molar-refractivity contribution >= 4 is 21.4 Å². The lowest BCUT2D eigenvalue weighted by Gasteiger charge is -2.10. The molecule has 1 aromatic rings. The van der Waals surface area contributed by atoms with Crippen LogP contribution in [0.2, 0.25) is 0 Å². The molecule has 78 valence electrons. The summed E-state index contributed by atoms with van der Waals surface area (Å²) in [5, 5.41) is 0. The van der Waals surface area contributed by atoms with E-state index in [1.165, 1.54) is 6.07 Å². The van der Waals surface area contributed by atoms with E-state index in [2.05, 4.69) is 4.72 Å². The highest BCUT2D eigenvalue weighted by Gasteiger charge is 2.11. The predicted octanol–water partition coefficient (Wildman–Crippen LogP) is 1.09. The number of anilines is 2. The number of sulfonamides is 1. The van der Waals surface area contributed by atoms with Gasteiger partial charge in [0.2, 0.25) is 10.0 Å². The van der Waals surface area contributed by atoms with Crippen LogP contribution in [0.1, 0.15) is 5.56 Å². The topological polar surface area (TPSA) is 72.2 Å². The zero-order valence-electron chi connectivity index (χ0n) is 7.83. The molecule has 0 radical (unpaired) electrons. The fourth-order valence-electron chi connectivity index (χ4n) is 1.01. The van der Waals surface area contributed by atoms with E-state index in [-0.39, 0.29) is 5.69 Å². The van der Waals surface area contributed by atoms with E-state index in [1.807, 2.05) is 0 Å². The van der Waals surface area contributed by atoms with Gasteiger partial charge in [0.15, 0.2) is 0 Å². The minimum Gasteiger partial charge on any atom is -0.398 e. The van der Waals surface area contributed by atoms with Gasteiger partial charge < -0.3 is 5.73 Å². The van der Waals surface area contributed by atoms with E-state index in [0.717, 1.165) is 12.3 Å². The Morgan fingerprint density at radius 3 is 2.50 bits per heavy atom. The van der Waals surface area contributed by atoms with Crippen LogP contribution in [0.3, 0.4) is 0 Å². The van der Waals surface area contributed by atoms with Crippen LogP contribution >= 0.6 is 0 Å². The fraction of sp³-hybridized carbons (Fsp3) is 0.250. The normalized spacial score (nSPS) is 11.4. The van der Waals surface area contributed by atoms with Crippen molar-refractivity contribution in [2.24, 2.45) is 0 Å². The molecule has 14 heavy (non-hydrogen) atoms. The second-order valence-electron chi connectivity index (χ2n) is 3.01. The van der Waals surface area contributed by atoms with E-state index in [1.54, 1.807) is 6.92 Å². The van der Waals surface area contributed by atoms with Gasteiger partial charge in [-0.1, -0.05) is 0 Å². The molecule has 0 amide bonds. The largest absolute Gasteiger partial charge is 0.398 e. The Bertz CT molecular complexity index is 457. The molecule has 1 rings (SSSR count). The third kappa shape index (κ3) is 2.35. The summed E-state index contributed by atoms with van der Waals surface area (Å²) in [5.74, 6) is -0.637. The lowest BCUT2D eigenvalue weighted by atomic mass is 10.1. The van der Waals surface area contributed by atoms with Gasteiger partial charge in [0, 0.05) is 5.69 Å². The number of rotatable bonds is 2. The number of hydrogen-bond donors (Lipinski definition) is 2. The number of hydrogen-bond acceptors (Lipinski definition) is 3. The van der Waals surface area contributed by atoms with E-state index < -0.39 is 15.8 Å². The van der Waals surface area contributed by atoms with Crippen LogP contribution in [-0.4, -0.2) is 14.7 Å². The molecule has 0 aromatic heterocycles. The molecule has 0 fully saturated rings. The number of nitrogens with one attached hydrogen (secondary N) is 1. The molecule has 1 aromatic carbocycles. The molecular weight excluding hydrogens is 207 g/mol. The third-order valence-electron chi connectivity index (χ3n) is 1.74. The maximum absolute atomic E-state index is 13.2. The smallest absolute Gasteiger partial charge is 0.229 e. The van der Waals surface area contributed by atoms with Gasteiger partial charge in [0.1, 0.15) is 5.82 Å². The van der Waals surface area contributed by atoms with Crippen molar-refractivity contribution in [3.63, 3.8) is 0 Å². The quantitative estimate of drug-likeness (QED) is 0.730.